The van der Waals surface area contributed by atoms with E-state index in [1.807, 2.05) is 42.1 Å². The molecular weight excluding hydrogens is 422 g/mol. The Bertz CT molecular complexity index is 1120. The zero-order chi connectivity index (χ0) is 22.8. The van der Waals surface area contributed by atoms with E-state index in [1.165, 1.54) is 0 Å². The fraction of sp³-hybridized carbons (Fsp3) is 0.478. The van der Waals surface area contributed by atoms with Crippen LogP contribution in [0.3, 0.4) is 0 Å². The fourth-order valence-corrected chi connectivity index (χ4v) is 4.46. The molecule has 5 rings (SSSR count). The van der Waals surface area contributed by atoms with Crippen LogP contribution in [0.5, 0.6) is 0 Å². The van der Waals surface area contributed by atoms with E-state index < -0.39 is 0 Å². The first-order valence-electron chi connectivity index (χ1n) is 11.5. The zero-order valence-corrected chi connectivity index (χ0v) is 18.8. The molecule has 2 saturated heterocycles. The molecule has 4 heterocycles. The molecule has 0 atom stereocenters. The standard InChI is InChI=1S/C23H29N7O3/c1-2-33-23(31)29-9-7-18(8-10-29)30-22-19(15-25-30)21(28-11-13-32-14-12-28)26-20(27-22)16-3-5-17(24)6-4-16/h3-6,15,18H,2,7-14,24H2,1H3. The predicted octanol–water partition coefficient (Wildman–Crippen LogP) is 2.71. The minimum Gasteiger partial charge on any atom is -0.450 e. The van der Waals surface area contributed by atoms with E-state index in [2.05, 4.69) is 4.90 Å². The summed E-state index contributed by atoms with van der Waals surface area (Å²) in [6.45, 7) is 6.37. The molecular formula is C23H29N7O3. The smallest absolute Gasteiger partial charge is 0.409 e. The lowest BCUT2D eigenvalue weighted by Crippen LogP contribution is -2.39. The summed E-state index contributed by atoms with van der Waals surface area (Å²) in [6, 6.07) is 7.76. The minimum absolute atomic E-state index is 0.153. The molecule has 3 aromatic rings. The number of aromatic nitrogens is 4. The molecule has 0 saturated carbocycles. The first kappa shape index (κ1) is 21.4. The molecule has 174 valence electrons. The third-order valence-corrected chi connectivity index (χ3v) is 6.25. The highest BCUT2D eigenvalue weighted by molar-refractivity contribution is 5.89. The summed E-state index contributed by atoms with van der Waals surface area (Å²) in [6.07, 6.45) is 3.21. The van der Waals surface area contributed by atoms with Crippen LogP contribution in [-0.2, 0) is 9.47 Å². The van der Waals surface area contributed by atoms with Crippen LogP contribution in [0.1, 0.15) is 25.8 Å². The van der Waals surface area contributed by atoms with E-state index in [4.69, 9.17) is 30.3 Å². The molecule has 10 heteroatoms. The van der Waals surface area contributed by atoms with Crippen LogP contribution in [0.15, 0.2) is 30.5 Å². The second-order valence-electron chi connectivity index (χ2n) is 8.34. The first-order chi connectivity index (χ1) is 16.1. The van der Waals surface area contributed by atoms with Gasteiger partial charge in [0.25, 0.3) is 0 Å². The predicted molar refractivity (Wildman–Crippen MR) is 125 cm³/mol. The van der Waals surface area contributed by atoms with Crippen LogP contribution in [0.4, 0.5) is 16.3 Å². The number of anilines is 2. The van der Waals surface area contributed by atoms with E-state index >= 15 is 0 Å². The van der Waals surface area contributed by atoms with Gasteiger partial charge in [0.05, 0.1) is 37.4 Å². The quantitative estimate of drug-likeness (QED) is 0.603. The topological polar surface area (TPSA) is 112 Å². The van der Waals surface area contributed by atoms with Crippen molar-refractivity contribution in [3.8, 4) is 11.4 Å². The molecule has 1 amide bonds. The Labute approximate surface area is 192 Å². The summed E-state index contributed by atoms with van der Waals surface area (Å²) in [7, 11) is 0. The van der Waals surface area contributed by atoms with E-state index in [0.717, 1.165) is 48.3 Å². The number of piperidine rings is 1. The number of fused-ring (bicyclic) bond motifs is 1. The van der Waals surface area contributed by atoms with Gasteiger partial charge in [0.1, 0.15) is 5.82 Å². The monoisotopic (exact) mass is 451 g/mol. The Balaban J connectivity index is 1.50. The van der Waals surface area contributed by atoms with Crippen molar-refractivity contribution < 1.29 is 14.3 Å². The molecule has 2 N–H and O–H groups in total. The number of morpholine rings is 1. The van der Waals surface area contributed by atoms with Gasteiger partial charge in [-0.2, -0.15) is 5.10 Å². The van der Waals surface area contributed by atoms with Gasteiger partial charge >= 0.3 is 6.09 Å². The molecule has 1 aromatic carbocycles. The number of hydrogen-bond acceptors (Lipinski definition) is 8. The maximum atomic E-state index is 12.1. The largest absolute Gasteiger partial charge is 0.450 e. The number of nitrogens with two attached hydrogens (primary N) is 1. The molecule has 10 nitrogen and oxygen atoms in total. The third-order valence-electron chi connectivity index (χ3n) is 6.25. The molecule has 0 bridgehead atoms. The molecule has 2 aliphatic rings. The number of benzene rings is 1. The Morgan fingerprint density at radius 1 is 1.12 bits per heavy atom. The van der Waals surface area contributed by atoms with Crippen molar-refractivity contribution in [2.45, 2.75) is 25.8 Å². The van der Waals surface area contributed by atoms with Gasteiger partial charge in [-0.1, -0.05) is 0 Å². The molecule has 2 aromatic heterocycles. The SMILES string of the molecule is CCOC(=O)N1CCC(n2ncc3c(N4CCOCC4)nc(-c4ccc(N)cc4)nc32)CC1. The van der Waals surface area contributed by atoms with Crippen LogP contribution in [0, 0.1) is 0 Å². The molecule has 0 unspecified atom stereocenters. The van der Waals surface area contributed by atoms with Crippen molar-refractivity contribution in [3.63, 3.8) is 0 Å². The maximum Gasteiger partial charge on any atom is 0.409 e. The Morgan fingerprint density at radius 2 is 1.85 bits per heavy atom. The molecule has 0 radical (unpaired) electrons. The number of carbonyl (C=O) groups is 1. The average molecular weight is 452 g/mol. The second kappa shape index (κ2) is 9.22. The zero-order valence-electron chi connectivity index (χ0n) is 18.8. The van der Waals surface area contributed by atoms with Crippen molar-refractivity contribution in [1.29, 1.82) is 0 Å². The van der Waals surface area contributed by atoms with Crippen LogP contribution >= 0.6 is 0 Å². The first-order valence-corrected chi connectivity index (χ1v) is 11.5. The van der Waals surface area contributed by atoms with Gasteiger partial charge in [-0.05, 0) is 44.0 Å². The number of ether oxygens (including phenoxy) is 2. The van der Waals surface area contributed by atoms with Gasteiger partial charge in [0, 0.05) is 37.4 Å². The Hall–Kier alpha value is -3.40. The van der Waals surface area contributed by atoms with E-state index in [0.29, 0.717) is 44.4 Å². The number of hydrogen-bond donors (Lipinski definition) is 1. The summed E-state index contributed by atoms with van der Waals surface area (Å²) in [5.74, 6) is 1.53. The van der Waals surface area contributed by atoms with E-state index in [1.54, 1.807) is 4.90 Å². The molecule has 0 spiro atoms. The number of nitrogen functional groups attached to an aromatic ring is 1. The third kappa shape index (κ3) is 4.30. The summed E-state index contributed by atoms with van der Waals surface area (Å²) in [4.78, 5) is 26.0. The van der Waals surface area contributed by atoms with Crippen molar-refractivity contribution >= 4 is 28.6 Å². The van der Waals surface area contributed by atoms with Gasteiger partial charge in [-0.3, -0.25) is 0 Å². The molecule has 0 aliphatic carbocycles. The molecule has 2 aliphatic heterocycles. The van der Waals surface area contributed by atoms with Gasteiger partial charge < -0.3 is 25.0 Å². The Morgan fingerprint density at radius 3 is 2.55 bits per heavy atom. The van der Waals surface area contributed by atoms with Crippen LogP contribution in [0.25, 0.3) is 22.4 Å². The van der Waals surface area contributed by atoms with Gasteiger partial charge in [0.15, 0.2) is 11.5 Å². The normalized spacial score (nSPS) is 17.5. The highest BCUT2D eigenvalue weighted by Crippen LogP contribution is 2.32. The fourth-order valence-electron chi connectivity index (χ4n) is 4.46. The van der Waals surface area contributed by atoms with Crippen molar-refractivity contribution in [1.82, 2.24) is 24.6 Å². The Kier molecular flexibility index (Phi) is 5.99. The maximum absolute atomic E-state index is 12.1. The molecule has 2 fully saturated rings. The minimum atomic E-state index is -0.246. The van der Waals surface area contributed by atoms with Gasteiger partial charge in [0.2, 0.25) is 0 Å². The number of rotatable bonds is 4. The summed E-state index contributed by atoms with van der Waals surface area (Å²) >= 11 is 0. The van der Waals surface area contributed by atoms with Crippen LogP contribution in [0.2, 0.25) is 0 Å². The number of nitrogens with zero attached hydrogens (tertiary/aromatic N) is 6. The van der Waals surface area contributed by atoms with Crippen LogP contribution in [-0.4, -0.2) is 76.7 Å². The lowest BCUT2D eigenvalue weighted by molar-refractivity contribution is 0.0919. The van der Waals surface area contributed by atoms with Gasteiger partial charge in [-0.25, -0.2) is 19.4 Å². The summed E-state index contributed by atoms with van der Waals surface area (Å²) in [5.41, 5.74) is 8.31. The number of amides is 1. The van der Waals surface area contributed by atoms with Crippen LogP contribution < -0.4 is 10.6 Å². The summed E-state index contributed by atoms with van der Waals surface area (Å²) in [5, 5.41) is 5.67. The van der Waals surface area contributed by atoms with Gasteiger partial charge in [-0.15, -0.1) is 0 Å². The highest BCUT2D eigenvalue weighted by Gasteiger charge is 2.28. The van der Waals surface area contributed by atoms with E-state index in [-0.39, 0.29) is 12.1 Å². The van der Waals surface area contributed by atoms with Crippen molar-refractivity contribution in [3.05, 3.63) is 30.5 Å². The van der Waals surface area contributed by atoms with Crippen molar-refractivity contribution in [2.75, 3.05) is 56.6 Å². The second-order valence-corrected chi connectivity index (χ2v) is 8.34. The number of likely N-dealkylation sites (tertiary alicyclic amines) is 1. The lowest BCUT2D eigenvalue weighted by Gasteiger charge is -2.31. The lowest BCUT2D eigenvalue weighted by atomic mass is 10.1. The average Bonchev–Trinajstić information content (AvgIpc) is 3.29. The molecule has 33 heavy (non-hydrogen) atoms. The van der Waals surface area contributed by atoms with Crippen molar-refractivity contribution in [2.24, 2.45) is 0 Å². The van der Waals surface area contributed by atoms with E-state index in [9.17, 15) is 4.79 Å². The summed E-state index contributed by atoms with van der Waals surface area (Å²) < 4.78 is 12.7. The number of carbonyl (C=O) groups excluding carboxylic acids is 1. The highest BCUT2D eigenvalue weighted by atomic mass is 16.6.